The van der Waals surface area contributed by atoms with Gasteiger partial charge in [0.25, 0.3) is 0 Å². The summed E-state index contributed by atoms with van der Waals surface area (Å²) in [5.41, 5.74) is 5.23. The van der Waals surface area contributed by atoms with Gasteiger partial charge >= 0.3 is 0 Å². The van der Waals surface area contributed by atoms with Crippen molar-refractivity contribution < 1.29 is 9.90 Å². The number of benzene rings is 2. The first-order valence-electron chi connectivity index (χ1n) is 8.38. The van der Waals surface area contributed by atoms with Crippen LogP contribution in [0.25, 0.3) is 0 Å². The summed E-state index contributed by atoms with van der Waals surface area (Å²) >= 11 is 0. The van der Waals surface area contributed by atoms with Crippen LogP contribution in [0.3, 0.4) is 0 Å². The lowest BCUT2D eigenvalue weighted by atomic mass is 9.74. The molecule has 0 aliphatic rings. The third-order valence-corrected chi connectivity index (χ3v) is 4.75. The van der Waals surface area contributed by atoms with E-state index >= 15 is 0 Å². The Hall–Kier alpha value is -2.09. The van der Waals surface area contributed by atoms with Crippen molar-refractivity contribution in [1.29, 1.82) is 0 Å². The molecule has 0 saturated carbocycles. The van der Waals surface area contributed by atoms with Gasteiger partial charge in [-0.1, -0.05) is 70.0 Å². The number of hydrogen-bond acceptors (Lipinski definition) is 2. The smallest absolute Gasteiger partial charge is 0.153 e. The van der Waals surface area contributed by atoms with Crippen LogP contribution in [0.4, 0.5) is 0 Å². The molecule has 2 aromatic carbocycles. The predicted molar refractivity (Wildman–Crippen MR) is 100 cm³/mol. The van der Waals surface area contributed by atoms with Gasteiger partial charge in [-0.2, -0.15) is 0 Å². The minimum absolute atomic E-state index is 0.0853. The van der Waals surface area contributed by atoms with E-state index in [9.17, 15) is 9.90 Å². The van der Waals surface area contributed by atoms with Crippen LogP contribution in [-0.2, 0) is 10.8 Å². The van der Waals surface area contributed by atoms with Crippen molar-refractivity contribution in [2.45, 2.75) is 59.3 Å². The summed E-state index contributed by atoms with van der Waals surface area (Å²) in [6, 6.07) is 10.3. The number of rotatable bonds is 3. The highest BCUT2D eigenvalue weighted by Gasteiger charge is 2.30. The van der Waals surface area contributed by atoms with E-state index in [1.807, 2.05) is 6.07 Å². The molecule has 2 aromatic rings. The molecule has 0 aliphatic heterocycles. The third kappa shape index (κ3) is 3.38. The molecule has 0 saturated heterocycles. The van der Waals surface area contributed by atoms with Gasteiger partial charge in [-0.3, -0.25) is 4.79 Å². The third-order valence-electron chi connectivity index (χ3n) is 4.75. The van der Waals surface area contributed by atoms with Crippen LogP contribution in [-0.4, -0.2) is 11.4 Å². The van der Waals surface area contributed by atoms with E-state index in [2.05, 4.69) is 66.7 Å². The van der Waals surface area contributed by atoms with Crippen molar-refractivity contribution in [2.75, 3.05) is 0 Å². The molecule has 2 rings (SSSR count). The lowest BCUT2D eigenvalue weighted by Gasteiger charge is -2.30. The minimum Gasteiger partial charge on any atom is -0.507 e. The topological polar surface area (TPSA) is 37.3 Å². The Bertz CT molecular complexity index is 757. The fraction of sp³-hybridized carbons (Fsp3) is 0.409. The van der Waals surface area contributed by atoms with Gasteiger partial charge < -0.3 is 5.11 Å². The Labute approximate surface area is 145 Å². The number of phenolic OH excluding ortho intramolecular Hbond substituents is 1. The summed E-state index contributed by atoms with van der Waals surface area (Å²) in [5.74, 6) is 0.0853. The molecule has 0 atom stereocenters. The fourth-order valence-corrected chi connectivity index (χ4v) is 3.15. The summed E-state index contributed by atoms with van der Waals surface area (Å²) in [6.45, 7) is 14.7. The van der Waals surface area contributed by atoms with Gasteiger partial charge in [0, 0.05) is 11.0 Å². The monoisotopic (exact) mass is 324 g/mol. The van der Waals surface area contributed by atoms with Crippen LogP contribution >= 0.6 is 0 Å². The normalized spacial score (nSPS) is 12.3. The Balaban J connectivity index is 2.75. The van der Waals surface area contributed by atoms with Crippen LogP contribution in [0, 0.1) is 13.8 Å². The van der Waals surface area contributed by atoms with Gasteiger partial charge in [0.05, 0.1) is 5.56 Å². The summed E-state index contributed by atoms with van der Waals surface area (Å²) in [4.78, 5) is 11.5. The average Bonchev–Trinajstić information content (AvgIpc) is 2.45. The number of carbonyl (C=O) groups excluding carboxylic acids is 1. The zero-order chi connectivity index (χ0) is 18.3. The maximum absolute atomic E-state index is 11.5. The van der Waals surface area contributed by atoms with Crippen molar-refractivity contribution in [3.8, 4) is 5.75 Å². The highest BCUT2D eigenvalue weighted by atomic mass is 16.3. The van der Waals surface area contributed by atoms with Gasteiger partial charge in [0.2, 0.25) is 0 Å². The van der Waals surface area contributed by atoms with Crippen molar-refractivity contribution in [1.82, 2.24) is 0 Å². The van der Waals surface area contributed by atoms with E-state index in [1.54, 1.807) is 6.07 Å². The van der Waals surface area contributed by atoms with Crippen molar-refractivity contribution in [2.24, 2.45) is 0 Å². The second-order valence-electron chi connectivity index (χ2n) is 8.33. The molecule has 0 aromatic heterocycles. The molecule has 0 fully saturated rings. The summed E-state index contributed by atoms with van der Waals surface area (Å²) < 4.78 is 0. The van der Waals surface area contributed by atoms with E-state index in [0.717, 1.165) is 23.0 Å². The maximum Gasteiger partial charge on any atom is 0.153 e. The van der Waals surface area contributed by atoms with E-state index in [4.69, 9.17) is 0 Å². The van der Waals surface area contributed by atoms with Crippen LogP contribution < -0.4 is 0 Å². The van der Waals surface area contributed by atoms with E-state index in [-0.39, 0.29) is 11.2 Å². The number of carbonyl (C=O) groups is 1. The minimum atomic E-state index is -0.403. The lowest BCUT2D eigenvalue weighted by Crippen LogP contribution is -2.22. The summed E-state index contributed by atoms with van der Waals surface area (Å²) in [6.07, 6.45) is 0.742. The van der Waals surface area contributed by atoms with Crippen LogP contribution in [0.2, 0.25) is 0 Å². The van der Waals surface area contributed by atoms with E-state index in [0.29, 0.717) is 5.56 Å². The van der Waals surface area contributed by atoms with Gasteiger partial charge in [-0.15, -0.1) is 0 Å². The molecule has 1 N–H and O–H groups in total. The second-order valence-corrected chi connectivity index (χ2v) is 8.33. The first kappa shape index (κ1) is 18.3. The summed E-state index contributed by atoms with van der Waals surface area (Å²) in [7, 11) is 0. The predicted octanol–water partition coefficient (Wildman–Crippen LogP) is 5.44. The molecule has 0 aliphatic carbocycles. The number of aryl methyl sites for hydroxylation is 2. The average molecular weight is 324 g/mol. The molecule has 128 valence electrons. The largest absolute Gasteiger partial charge is 0.507 e. The Morgan fingerprint density at radius 3 is 1.83 bits per heavy atom. The molecule has 2 heteroatoms. The lowest BCUT2D eigenvalue weighted by molar-refractivity contribution is 0.112. The highest BCUT2D eigenvalue weighted by Crippen LogP contribution is 2.41. The van der Waals surface area contributed by atoms with E-state index in [1.165, 1.54) is 11.1 Å². The molecule has 24 heavy (non-hydrogen) atoms. The maximum atomic E-state index is 11.5. The number of aromatic hydroxyl groups is 1. The van der Waals surface area contributed by atoms with Crippen molar-refractivity contribution >= 4 is 6.29 Å². The Morgan fingerprint density at radius 1 is 0.833 bits per heavy atom. The quantitative estimate of drug-likeness (QED) is 0.763. The zero-order valence-electron chi connectivity index (χ0n) is 15.8. The summed E-state index contributed by atoms with van der Waals surface area (Å²) in [5, 5.41) is 10.7. The molecular weight excluding hydrogens is 296 g/mol. The van der Waals surface area contributed by atoms with Gasteiger partial charge in [-0.05, 0) is 36.5 Å². The SMILES string of the molecule is Cc1cc(C)cc(C(C)(C)c2cc(C(C)(C)C)cc(C=O)c2O)c1. The molecule has 0 heterocycles. The van der Waals surface area contributed by atoms with Gasteiger partial charge in [0.15, 0.2) is 6.29 Å². The molecular formula is C22H28O2. The highest BCUT2D eigenvalue weighted by molar-refractivity contribution is 5.81. The van der Waals surface area contributed by atoms with E-state index < -0.39 is 5.41 Å². The van der Waals surface area contributed by atoms with Crippen LogP contribution in [0.1, 0.15) is 72.8 Å². The molecule has 0 unspecified atom stereocenters. The zero-order valence-corrected chi connectivity index (χ0v) is 15.8. The molecule has 0 bridgehead atoms. The van der Waals surface area contributed by atoms with Gasteiger partial charge in [0.1, 0.15) is 5.75 Å². The Morgan fingerprint density at radius 2 is 1.38 bits per heavy atom. The first-order valence-corrected chi connectivity index (χ1v) is 8.38. The van der Waals surface area contributed by atoms with Gasteiger partial charge in [-0.25, -0.2) is 0 Å². The fourth-order valence-electron chi connectivity index (χ4n) is 3.15. The van der Waals surface area contributed by atoms with Crippen molar-refractivity contribution in [3.63, 3.8) is 0 Å². The van der Waals surface area contributed by atoms with Crippen molar-refractivity contribution in [3.05, 3.63) is 63.7 Å². The Kier molecular flexibility index (Phi) is 4.63. The molecule has 0 spiro atoms. The second kappa shape index (κ2) is 6.08. The molecule has 2 nitrogen and oxygen atoms in total. The molecule has 0 radical (unpaired) electrons. The van der Waals surface area contributed by atoms with Crippen LogP contribution in [0.5, 0.6) is 5.75 Å². The molecule has 0 amide bonds. The van der Waals surface area contributed by atoms with Crippen LogP contribution in [0.15, 0.2) is 30.3 Å². The number of hydrogen-bond donors (Lipinski definition) is 1. The first-order chi connectivity index (χ1) is 11.0. The number of phenols is 1. The number of aldehydes is 1. The standard InChI is InChI=1S/C22H28O2/c1-14-8-15(2)10-18(9-14)22(6,7)19-12-17(21(3,4)5)11-16(13-23)20(19)24/h8-13,24H,1-7H3.